The monoisotopic (exact) mass is 452 g/mol. The molecule has 1 fully saturated rings. The SMILES string of the molecule is Cc1cc(C)c(C)c(S(=O)(=O)N[C@H](C)C(=O)OCC(=O)N[C@@H]2CCC[C@@H](C)[C@H]2C)c1C. The number of hydrogen-bond acceptors (Lipinski definition) is 5. The number of sulfonamides is 1. The summed E-state index contributed by atoms with van der Waals surface area (Å²) >= 11 is 0. The van der Waals surface area contributed by atoms with Gasteiger partial charge in [0.1, 0.15) is 6.04 Å². The Kier molecular flexibility index (Phi) is 8.27. The fourth-order valence-electron chi connectivity index (χ4n) is 4.22. The second-order valence-corrected chi connectivity index (χ2v) is 10.6. The second-order valence-electron chi connectivity index (χ2n) is 8.98. The first kappa shape index (κ1) is 25.3. The molecule has 1 aromatic rings. The summed E-state index contributed by atoms with van der Waals surface area (Å²) in [6.45, 7) is 12.5. The summed E-state index contributed by atoms with van der Waals surface area (Å²) < 4.78 is 33.4. The molecule has 31 heavy (non-hydrogen) atoms. The van der Waals surface area contributed by atoms with Gasteiger partial charge in [-0.1, -0.05) is 32.8 Å². The Hall–Kier alpha value is -1.93. The molecule has 1 amide bonds. The van der Waals surface area contributed by atoms with Crippen LogP contribution in [0.1, 0.15) is 62.3 Å². The molecular formula is C23H36N2O5S. The first-order valence-corrected chi connectivity index (χ1v) is 12.4. The van der Waals surface area contributed by atoms with Crippen LogP contribution >= 0.6 is 0 Å². The summed E-state index contributed by atoms with van der Waals surface area (Å²) in [6.07, 6.45) is 3.13. The number of carbonyl (C=O) groups excluding carboxylic acids is 2. The number of amides is 1. The standard InChI is InChI=1S/C23H36N2O5S/c1-13-9-8-10-20(16(13)4)24-21(26)12-30-23(27)19(7)25-31(28,29)22-17(5)14(2)11-15(3)18(22)6/h11,13,16,19-20,25H,8-10,12H2,1-7H3,(H,24,26)/t13-,16-,19-,20-/m1/s1. The minimum Gasteiger partial charge on any atom is -0.454 e. The minimum atomic E-state index is -3.94. The first-order valence-electron chi connectivity index (χ1n) is 10.9. The van der Waals surface area contributed by atoms with Crippen LogP contribution in [0.4, 0.5) is 0 Å². The molecule has 2 N–H and O–H groups in total. The lowest BCUT2D eigenvalue weighted by atomic mass is 9.78. The molecule has 174 valence electrons. The molecule has 1 aliphatic rings. The van der Waals surface area contributed by atoms with Crippen molar-refractivity contribution in [2.45, 2.75) is 84.7 Å². The maximum absolute atomic E-state index is 13.0. The Labute approximate surface area is 186 Å². The number of aryl methyl sites for hydroxylation is 2. The van der Waals surface area contributed by atoms with Crippen molar-refractivity contribution in [3.05, 3.63) is 28.3 Å². The lowest BCUT2D eigenvalue weighted by Crippen LogP contribution is -2.46. The van der Waals surface area contributed by atoms with E-state index < -0.39 is 28.6 Å². The van der Waals surface area contributed by atoms with Crippen LogP contribution in [0.25, 0.3) is 0 Å². The Morgan fingerprint density at radius 3 is 2.26 bits per heavy atom. The molecule has 0 aromatic heterocycles. The molecule has 1 aromatic carbocycles. The quantitative estimate of drug-likeness (QED) is 0.619. The molecule has 0 unspecified atom stereocenters. The number of benzene rings is 1. The van der Waals surface area contributed by atoms with Gasteiger partial charge in [0.2, 0.25) is 10.0 Å². The lowest BCUT2D eigenvalue weighted by molar-refractivity contribution is -0.150. The summed E-state index contributed by atoms with van der Waals surface area (Å²) in [5.74, 6) is -0.254. The van der Waals surface area contributed by atoms with Gasteiger partial charge in [-0.25, -0.2) is 8.42 Å². The smallest absolute Gasteiger partial charge is 0.324 e. The first-order chi connectivity index (χ1) is 14.3. The molecule has 2 rings (SSSR count). The number of nitrogens with one attached hydrogen (secondary N) is 2. The zero-order valence-electron chi connectivity index (χ0n) is 19.7. The average molecular weight is 453 g/mol. The highest BCUT2D eigenvalue weighted by Crippen LogP contribution is 2.29. The van der Waals surface area contributed by atoms with Crippen LogP contribution in [0, 0.1) is 39.5 Å². The summed E-state index contributed by atoms with van der Waals surface area (Å²) in [5, 5.41) is 2.94. The van der Waals surface area contributed by atoms with Gasteiger partial charge in [0, 0.05) is 6.04 Å². The third-order valence-electron chi connectivity index (χ3n) is 6.65. The molecule has 0 radical (unpaired) electrons. The van der Waals surface area contributed by atoms with Gasteiger partial charge in [-0.3, -0.25) is 9.59 Å². The van der Waals surface area contributed by atoms with Crippen LogP contribution in [-0.4, -0.2) is 39.0 Å². The largest absolute Gasteiger partial charge is 0.454 e. The molecular weight excluding hydrogens is 416 g/mol. The van der Waals surface area contributed by atoms with Crippen LogP contribution in [0.3, 0.4) is 0 Å². The van der Waals surface area contributed by atoms with E-state index in [0.29, 0.717) is 23.0 Å². The van der Waals surface area contributed by atoms with E-state index >= 15 is 0 Å². The number of esters is 1. The van der Waals surface area contributed by atoms with Crippen molar-refractivity contribution in [1.29, 1.82) is 0 Å². The van der Waals surface area contributed by atoms with E-state index in [1.807, 2.05) is 19.9 Å². The summed E-state index contributed by atoms with van der Waals surface area (Å²) in [4.78, 5) is 24.8. The van der Waals surface area contributed by atoms with E-state index in [2.05, 4.69) is 23.9 Å². The fraction of sp³-hybridized carbons (Fsp3) is 0.652. The third kappa shape index (κ3) is 6.07. The van der Waals surface area contributed by atoms with Gasteiger partial charge in [0.05, 0.1) is 4.90 Å². The predicted molar refractivity (Wildman–Crippen MR) is 120 cm³/mol. The molecule has 0 aliphatic heterocycles. The summed E-state index contributed by atoms with van der Waals surface area (Å²) in [5.41, 5.74) is 3.01. The van der Waals surface area contributed by atoms with Gasteiger partial charge in [0.25, 0.3) is 5.91 Å². The van der Waals surface area contributed by atoms with Crippen LogP contribution < -0.4 is 10.0 Å². The van der Waals surface area contributed by atoms with Crippen molar-refractivity contribution in [2.24, 2.45) is 11.8 Å². The fourth-order valence-corrected chi connectivity index (χ4v) is 6.03. The van der Waals surface area contributed by atoms with Crippen molar-refractivity contribution < 1.29 is 22.7 Å². The van der Waals surface area contributed by atoms with E-state index in [1.165, 1.54) is 6.92 Å². The van der Waals surface area contributed by atoms with Gasteiger partial charge in [0.15, 0.2) is 6.61 Å². The molecule has 8 heteroatoms. The molecule has 0 spiro atoms. The van der Waals surface area contributed by atoms with Crippen molar-refractivity contribution in [3.8, 4) is 0 Å². The van der Waals surface area contributed by atoms with Crippen molar-refractivity contribution in [3.63, 3.8) is 0 Å². The number of carbonyl (C=O) groups is 2. The van der Waals surface area contributed by atoms with Crippen molar-refractivity contribution in [2.75, 3.05) is 6.61 Å². The van der Waals surface area contributed by atoms with Crippen molar-refractivity contribution in [1.82, 2.24) is 10.0 Å². The molecule has 0 saturated heterocycles. The highest BCUT2D eigenvalue weighted by atomic mass is 32.2. The average Bonchev–Trinajstić information content (AvgIpc) is 2.67. The number of ether oxygens (including phenoxy) is 1. The summed E-state index contributed by atoms with van der Waals surface area (Å²) in [7, 11) is -3.94. The zero-order valence-corrected chi connectivity index (χ0v) is 20.5. The van der Waals surface area contributed by atoms with E-state index in [4.69, 9.17) is 4.74 Å². The highest BCUT2D eigenvalue weighted by Gasteiger charge is 2.30. The molecule has 4 atom stereocenters. The minimum absolute atomic E-state index is 0.0707. The molecule has 0 bridgehead atoms. The Morgan fingerprint density at radius 1 is 1.10 bits per heavy atom. The Balaban J connectivity index is 1.97. The predicted octanol–water partition coefficient (Wildman–Crippen LogP) is 3.07. The van der Waals surface area contributed by atoms with E-state index in [1.54, 1.807) is 13.8 Å². The molecule has 1 aliphatic carbocycles. The third-order valence-corrected chi connectivity index (χ3v) is 8.46. The maximum Gasteiger partial charge on any atom is 0.324 e. The van der Waals surface area contributed by atoms with Crippen LogP contribution in [0.2, 0.25) is 0 Å². The van der Waals surface area contributed by atoms with Crippen molar-refractivity contribution >= 4 is 21.9 Å². The second kappa shape index (κ2) is 10.1. The summed E-state index contributed by atoms with van der Waals surface area (Å²) in [6, 6.07) is 0.890. The Bertz CT molecular complexity index is 916. The van der Waals surface area contributed by atoms with Crippen LogP contribution in [-0.2, 0) is 24.3 Å². The normalized spacial score (nSPS) is 22.6. The Morgan fingerprint density at radius 2 is 1.68 bits per heavy atom. The number of hydrogen-bond donors (Lipinski definition) is 2. The van der Waals surface area contributed by atoms with Gasteiger partial charge >= 0.3 is 5.97 Å². The number of rotatable bonds is 7. The van der Waals surface area contributed by atoms with Gasteiger partial charge in [-0.2, -0.15) is 4.72 Å². The van der Waals surface area contributed by atoms with Gasteiger partial charge in [-0.15, -0.1) is 0 Å². The van der Waals surface area contributed by atoms with E-state index in [-0.39, 0.29) is 16.8 Å². The molecule has 7 nitrogen and oxygen atoms in total. The van der Waals surface area contributed by atoms with Gasteiger partial charge in [-0.05, 0) is 75.1 Å². The van der Waals surface area contributed by atoms with Gasteiger partial charge < -0.3 is 10.1 Å². The molecule has 1 saturated carbocycles. The molecule has 0 heterocycles. The van der Waals surface area contributed by atoms with E-state index in [9.17, 15) is 18.0 Å². The topological polar surface area (TPSA) is 102 Å². The maximum atomic E-state index is 13.0. The van der Waals surface area contributed by atoms with E-state index in [0.717, 1.165) is 30.4 Å². The van der Waals surface area contributed by atoms with Crippen LogP contribution in [0.5, 0.6) is 0 Å². The van der Waals surface area contributed by atoms with Crippen LogP contribution in [0.15, 0.2) is 11.0 Å². The lowest BCUT2D eigenvalue weighted by Gasteiger charge is -2.34. The zero-order chi connectivity index (χ0) is 23.5. The highest BCUT2D eigenvalue weighted by molar-refractivity contribution is 7.89.